The molecule has 1 saturated heterocycles. The molecule has 0 radical (unpaired) electrons. The van der Waals surface area contributed by atoms with Gasteiger partial charge in [0.1, 0.15) is 0 Å². The van der Waals surface area contributed by atoms with Gasteiger partial charge in [0.05, 0.1) is 42.9 Å². The largest absolute Gasteiger partial charge is 0.348 e. The first-order chi connectivity index (χ1) is 21.8. The van der Waals surface area contributed by atoms with Crippen molar-refractivity contribution in [3.8, 4) is 11.3 Å². The topological polar surface area (TPSA) is 95.4 Å². The lowest BCUT2D eigenvalue weighted by molar-refractivity contribution is -0.906. The van der Waals surface area contributed by atoms with Crippen LogP contribution in [0.2, 0.25) is 10.0 Å². The summed E-state index contributed by atoms with van der Waals surface area (Å²) in [5.74, 6) is -0.178. The number of carbonyl (C=O) groups excluding carboxylic acids is 1. The predicted molar refractivity (Wildman–Crippen MR) is 177 cm³/mol. The molecule has 0 bridgehead atoms. The minimum atomic E-state index is -0.178. The molecule has 45 heavy (non-hydrogen) atoms. The standard InChI is InChI=1S/C34H34Cl2N6O3/c1-39-30-12-9-26(35)21-31(30)42(34(39)45)27-14-18-40(19-15-27)16-5-17-41-32(43)13-11-29(38-41)24-8-10-28(36)25(20-24)22-37-33(44)23-6-3-2-4-7-23/h2-4,6-13,20-21,27H,5,14-19,22H2,1H3,(H,37,44)/p+1. The summed E-state index contributed by atoms with van der Waals surface area (Å²) in [4.78, 5) is 39.7. The summed E-state index contributed by atoms with van der Waals surface area (Å²) < 4.78 is 5.12. The van der Waals surface area contributed by atoms with Crippen LogP contribution in [0, 0.1) is 0 Å². The SMILES string of the molecule is Cn1c(=O)n(C2CC[NH+](CCCn3nc(-c4ccc(Cl)c(CNC(=O)c5ccccc5)c4)ccc3=O)CC2)c2cc(Cl)ccc21. The van der Waals surface area contributed by atoms with Crippen molar-refractivity contribution in [3.05, 3.63) is 121 Å². The highest BCUT2D eigenvalue weighted by molar-refractivity contribution is 6.31. The third-order valence-corrected chi connectivity index (χ3v) is 9.27. The summed E-state index contributed by atoms with van der Waals surface area (Å²) in [6.07, 6.45) is 2.61. The molecule has 1 aliphatic rings. The summed E-state index contributed by atoms with van der Waals surface area (Å²) in [6.45, 7) is 3.58. The fourth-order valence-corrected chi connectivity index (χ4v) is 6.54. The normalized spacial score (nSPS) is 16.6. The molecule has 0 unspecified atom stereocenters. The number of benzene rings is 3. The van der Waals surface area contributed by atoms with Gasteiger partial charge >= 0.3 is 5.69 Å². The summed E-state index contributed by atoms with van der Waals surface area (Å²) in [6, 6.07) is 23.6. The van der Waals surface area contributed by atoms with Gasteiger partial charge in [-0.25, -0.2) is 9.48 Å². The Morgan fingerprint density at radius 3 is 2.51 bits per heavy atom. The number of amides is 1. The molecule has 0 saturated carbocycles. The van der Waals surface area contributed by atoms with Gasteiger partial charge in [0.2, 0.25) is 0 Å². The van der Waals surface area contributed by atoms with E-state index in [2.05, 4.69) is 10.4 Å². The smallest absolute Gasteiger partial charge is 0.329 e. The van der Waals surface area contributed by atoms with E-state index >= 15 is 0 Å². The van der Waals surface area contributed by atoms with Gasteiger partial charge in [0, 0.05) is 66.1 Å². The molecule has 232 valence electrons. The highest BCUT2D eigenvalue weighted by atomic mass is 35.5. The van der Waals surface area contributed by atoms with Crippen LogP contribution in [-0.2, 0) is 20.1 Å². The second-order valence-electron chi connectivity index (χ2n) is 11.6. The zero-order valence-electron chi connectivity index (χ0n) is 25.0. The van der Waals surface area contributed by atoms with Crippen molar-refractivity contribution in [1.82, 2.24) is 24.2 Å². The molecule has 1 amide bonds. The van der Waals surface area contributed by atoms with Crippen LogP contribution in [0.25, 0.3) is 22.3 Å². The van der Waals surface area contributed by atoms with Crippen LogP contribution in [0.1, 0.15) is 41.2 Å². The summed E-state index contributed by atoms with van der Waals surface area (Å²) >= 11 is 12.7. The van der Waals surface area contributed by atoms with Crippen LogP contribution in [-0.4, -0.2) is 44.5 Å². The van der Waals surface area contributed by atoms with Crippen LogP contribution >= 0.6 is 23.2 Å². The fraction of sp³-hybridized carbons (Fsp3) is 0.294. The number of nitrogens with one attached hydrogen (secondary N) is 2. The maximum absolute atomic E-state index is 13.0. The number of piperidine rings is 1. The Kier molecular flexibility index (Phi) is 9.21. The lowest BCUT2D eigenvalue weighted by Crippen LogP contribution is -3.13. The van der Waals surface area contributed by atoms with Gasteiger partial charge < -0.3 is 10.2 Å². The minimum absolute atomic E-state index is 0.00390. The number of aromatic nitrogens is 4. The number of aryl methyl sites for hydroxylation is 2. The van der Waals surface area contributed by atoms with Crippen molar-refractivity contribution in [3.63, 3.8) is 0 Å². The van der Waals surface area contributed by atoms with Gasteiger partial charge in [-0.3, -0.25) is 18.7 Å². The number of imidazole rings is 1. The van der Waals surface area contributed by atoms with E-state index in [1.54, 1.807) is 41.9 Å². The first-order valence-electron chi connectivity index (χ1n) is 15.2. The summed E-state index contributed by atoms with van der Waals surface area (Å²) in [5.41, 5.74) is 4.45. The van der Waals surface area contributed by atoms with Gasteiger partial charge in [-0.15, -0.1) is 0 Å². The quantitative estimate of drug-likeness (QED) is 0.252. The zero-order valence-corrected chi connectivity index (χ0v) is 26.5. The number of hydrogen-bond donors (Lipinski definition) is 2. The molecular weight excluding hydrogens is 611 g/mol. The highest BCUT2D eigenvalue weighted by Crippen LogP contribution is 2.25. The molecule has 1 aliphatic heterocycles. The minimum Gasteiger partial charge on any atom is -0.348 e. The number of rotatable bonds is 9. The second-order valence-corrected chi connectivity index (χ2v) is 12.4. The maximum atomic E-state index is 13.0. The third kappa shape index (κ3) is 6.76. The number of fused-ring (bicyclic) bond motifs is 1. The van der Waals surface area contributed by atoms with E-state index in [-0.39, 0.29) is 29.7 Å². The second kappa shape index (κ2) is 13.4. The van der Waals surface area contributed by atoms with E-state index in [0.717, 1.165) is 61.1 Å². The number of halogens is 2. The van der Waals surface area contributed by atoms with Crippen LogP contribution in [0.5, 0.6) is 0 Å². The van der Waals surface area contributed by atoms with Gasteiger partial charge in [0.25, 0.3) is 11.5 Å². The highest BCUT2D eigenvalue weighted by Gasteiger charge is 2.26. The average Bonchev–Trinajstić information content (AvgIpc) is 3.30. The van der Waals surface area contributed by atoms with Gasteiger partial charge in [-0.1, -0.05) is 47.5 Å². The molecule has 1 fully saturated rings. The van der Waals surface area contributed by atoms with Crippen LogP contribution < -0.4 is 21.5 Å². The number of carbonyl (C=O) groups is 1. The molecule has 0 atom stereocenters. The van der Waals surface area contributed by atoms with Crippen molar-refractivity contribution < 1.29 is 9.69 Å². The molecule has 0 aliphatic carbocycles. The van der Waals surface area contributed by atoms with E-state index in [1.807, 2.05) is 53.1 Å². The third-order valence-electron chi connectivity index (χ3n) is 8.66. The maximum Gasteiger partial charge on any atom is 0.329 e. The predicted octanol–water partition coefficient (Wildman–Crippen LogP) is 4.11. The van der Waals surface area contributed by atoms with E-state index < -0.39 is 0 Å². The molecule has 3 heterocycles. The van der Waals surface area contributed by atoms with E-state index in [4.69, 9.17) is 23.2 Å². The number of nitrogens with zero attached hydrogens (tertiary/aromatic N) is 4. The van der Waals surface area contributed by atoms with Gasteiger partial charge in [0.15, 0.2) is 0 Å². The van der Waals surface area contributed by atoms with Crippen LogP contribution in [0.3, 0.4) is 0 Å². The summed E-state index contributed by atoms with van der Waals surface area (Å²) in [5, 5.41) is 8.74. The Morgan fingerprint density at radius 2 is 1.73 bits per heavy atom. The number of likely N-dealkylation sites (tertiary alicyclic amines) is 1. The Hall–Kier alpha value is -4.18. The molecule has 3 aromatic carbocycles. The Bertz CT molecular complexity index is 1960. The lowest BCUT2D eigenvalue weighted by Gasteiger charge is -2.30. The van der Waals surface area contributed by atoms with Crippen molar-refractivity contribution in [1.29, 1.82) is 0 Å². The first kappa shape index (κ1) is 30.8. The number of hydrogen-bond acceptors (Lipinski definition) is 4. The fourth-order valence-electron chi connectivity index (χ4n) is 6.19. The van der Waals surface area contributed by atoms with E-state index in [1.165, 1.54) is 9.58 Å². The van der Waals surface area contributed by atoms with Crippen LogP contribution in [0.15, 0.2) is 88.5 Å². The van der Waals surface area contributed by atoms with Gasteiger partial charge in [-0.05, 0) is 54.1 Å². The molecular formula is C34H35Cl2N6O3+. The monoisotopic (exact) mass is 645 g/mol. The van der Waals surface area contributed by atoms with Crippen molar-refractivity contribution in [2.75, 3.05) is 19.6 Å². The Morgan fingerprint density at radius 1 is 0.956 bits per heavy atom. The average molecular weight is 647 g/mol. The Labute approximate surface area is 270 Å². The van der Waals surface area contributed by atoms with Crippen LogP contribution in [0.4, 0.5) is 0 Å². The van der Waals surface area contributed by atoms with E-state index in [9.17, 15) is 14.4 Å². The molecule has 9 nitrogen and oxygen atoms in total. The molecule has 5 aromatic rings. The Balaban J connectivity index is 1.06. The molecule has 2 aromatic heterocycles. The lowest BCUT2D eigenvalue weighted by atomic mass is 10.0. The summed E-state index contributed by atoms with van der Waals surface area (Å²) in [7, 11) is 1.80. The molecule has 2 N–H and O–H groups in total. The molecule has 0 spiro atoms. The molecule has 6 rings (SSSR count). The van der Waals surface area contributed by atoms with Crippen molar-refractivity contribution >= 4 is 40.1 Å². The van der Waals surface area contributed by atoms with Gasteiger partial charge in [-0.2, -0.15) is 5.10 Å². The van der Waals surface area contributed by atoms with Crippen molar-refractivity contribution in [2.24, 2.45) is 7.05 Å². The van der Waals surface area contributed by atoms with E-state index in [0.29, 0.717) is 27.8 Å². The number of quaternary nitrogens is 1. The zero-order chi connectivity index (χ0) is 31.5. The first-order valence-corrected chi connectivity index (χ1v) is 15.9. The van der Waals surface area contributed by atoms with Crippen molar-refractivity contribution in [2.45, 2.75) is 38.4 Å². The molecule has 11 heteroatoms.